The summed E-state index contributed by atoms with van der Waals surface area (Å²) in [6, 6.07) is 65.8. The molecule has 1 heterocycles. The summed E-state index contributed by atoms with van der Waals surface area (Å²) < 4.78 is 2.46. The molecule has 1 aliphatic rings. The lowest BCUT2D eigenvalue weighted by atomic mass is 9.81. The molecule has 0 aliphatic heterocycles. The largest absolute Gasteiger partial charge is 0.311 e. The van der Waals surface area contributed by atoms with E-state index in [2.05, 4.69) is 205 Å². The Balaban J connectivity index is 1.13. The van der Waals surface area contributed by atoms with Crippen LogP contribution in [0.2, 0.25) is 0 Å². The molecule has 0 radical (unpaired) electrons. The SMILES string of the molecule is CC1(C)c2ccc(-c3ccc(N(c4ccccc4)c4ccc(-c5ccccc5)cc4)cc3)cc2-c2c1c1ccccc1n2-c1ccccc1. The van der Waals surface area contributed by atoms with Crippen molar-refractivity contribution in [1.29, 1.82) is 0 Å². The van der Waals surface area contributed by atoms with E-state index in [0.717, 1.165) is 17.1 Å². The molecule has 234 valence electrons. The highest BCUT2D eigenvalue weighted by molar-refractivity contribution is 6.00. The van der Waals surface area contributed by atoms with Gasteiger partial charge in [-0.1, -0.05) is 135 Å². The van der Waals surface area contributed by atoms with Crippen molar-refractivity contribution < 1.29 is 0 Å². The summed E-state index contributed by atoms with van der Waals surface area (Å²) in [4.78, 5) is 2.33. The lowest BCUT2D eigenvalue weighted by Gasteiger charge is -2.26. The molecule has 1 aromatic heterocycles. The highest BCUT2D eigenvalue weighted by Crippen LogP contribution is 2.54. The zero-order valence-corrected chi connectivity index (χ0v) is 27.7. The third-order valence-corrected chi connectivity index (χ3v) is 10.2. The Morgan fingerprint density at radius 2 is 0.939 bits per heavy atom. The molecule has 8 aromatic rings. The van der Waals surface area contributed by atoms with E-state index in [1.54, 1.807) is 0 Å². The summed E-state index contributed by atoms with van der Waals surface area (Å²) in [5, 5.41) is 1.33. The van der Waals surface area contributed by atoms with Crippen LogP contribution in [-0.4, -0.2) is 4.57 Å². The van der Waals surface area contributed by atoms with E-state index in [4.69, 9.17) is 0 Å². The van der Waals surface area contributed by atoms with Crippen LogP contribution in [0.25, 0.3) is 50.1 Å². The molecule has 0 unspecified atom stereocenters. The Hall–Kier alpha value is -6.12. The molecule has 0 bridgehead atoms. The second kappa shape index (κ2) is 11.5. The molecule has 49 heavy (non-hydrogen) atoms. The Morgan fingerprint density at radius 3 is 1.59 bits per heavy atom. The first-order chi connectivity index (χ1) is 24.1. The van der Waals surface area contributed by atoms with Gasteiger partial charge in [-0.15, -0.1) is 0 Å². The highest BCUT2D eigenvalue weighted by Gasteiger charge is 2.40. The maximum Gasteiger partial charge on any atom is 0.0585 e. The number of aromatic nitrogens is 1. The fraction of sp³-hybridized carbons (Fsp3) is 0.0638. The Bertz CT molecular complexity index is 2420. The van der Waals surface area contributed by atoms with Crippen molar-refractivity contribution in [3.8, 4) is 39.2 Å². The predicted molar refractivity (Wildman–Crippen MR) is 206 cm³/mol. The number of rotatable bonds is 6. The average Bonchev–Trinajstić information content (AvgIpc) is 3.63. The van der Waals surface area contributed by atoms with E-state index in [0.29, 0.717) is 0 Å². The predicted octanol–water partition coefficient (Wildman–Crippen LogP) is 12.7. The van der Waals surface area contributed by atoms with Gasteiger partial charge in [0.05, 0.1) is 11.2 Å². The summed E-state index contributed by atoms with van der Waals surface area (Å²) in [5.74, 6) is 0. The number of hydrogen-bond acceptors (Lipinski definition) is 1. The molecule has 7 aromatic carbocycles. The van der Waals surface area contributed by atoms with Crippen LogP contribution < -0.4 is 4.90 Å². The second-order valence-electron chi connectivity index (χ2n) is 13.4. The fourth-order valence-electron chi connectivity index (χ4n) is 7.83. The first kappa shape index (κ1) is 29.1. The second-order valence-corrected chi connectivity index (χ2v) is 13.4. The third-order valence-electron chi connectivity index (χ3n) is 10.2. The maximum atomic E-state index is 2.46. The first-order valence-corrected chi connectivity index (χ1v) is 17.0. The molecule has 2 heteroatoms. The zero-order chi connectivity index (χ0) is 33.0. The van der Waals surface area contributed by atoms with Crippen LogP contribution in [0.5, 0.6) is 0 Å². The van der Waals surface area contributed by atoms with E-state index in [1.807, 2.05) is 0 Å². The van der Waals surface area contributed by atoms with Crippen molar-refractivity contribution in [3.05, 3.63) is 193 Å². The van der Waals surface area contributed by atoms with E-state index >= 15 is 0 Å². The summed E-state index contributed by atoms with van der Waals surface area (Å²) in [5.41, 5.74) is 16.0. The van der Waals surface area contributed by atoms with Gasteiger partial charge in [0.25, 0.3) is 0 Å². The van der Waals surface area contributed by atoms with E-state index < -0.39 is 0 Å². The van der Waals surface area contributed by atoms with Crippen molar-refractivity contribution in [1.82, 2.24) is 4.57 Å². The minimum absolute atomic E-state index is 0.112. The molecule has 0 spiro atoms. The van der Waals surface area contributed by atoms with Crippen LogP contribution in [-0.2, 0) is 5.41 Å². The van der Waals surface area contributed by atoms with E-state index in [9.17, 15) is 0 Å². The smallest absolute Gasteiger partial charge is 0.0585 e. The quantitative estimate of drug-likeness (QED) is 0.178. The number of nitrogens with zero attached hydrogens (tertiary/aromatic N) is 2. The molecular weight excluding hydrogens is 593 g/mol. The molecule has 1 aliphatic carbocycles. The van der Waals surface area contributed by atoms with Crippen LogP contribution in [0, 0.1) is 0 Å². The number of para-hydroxylation sites is 3. The third kappa shape index (κ3) is 4.79. The van der Waals surface area contributed by atoms with Crippen molar-refractivity contribution >= 4 is 28.0 Å². The minimum Gasteiger partial charge on any atom is -0.311 e. The monoisotopic (exact) mass is 628 g/mol. The van der Waals surface area contributed by atoms with Crippen molar-refractivity contribution in [2.75, 3.05) is 4.90 Å². The molecular formula is C47H36N2. The van der Waals surface area contributed by atoms with Gasteiger partial charge in [-0.3, -0.25) is 0 Å². The Kier molecular flexibility index (Phi) is 6.84. The molecule has 2 nitrogen and oxygen atoms in total. The maximum absolute atomic E-state index is 2.46. The van der Waals surface area contributed by atoms with Gasteiger partial charge in [-0.2, -0.15) is 0 Å². The molecule has 0 atom stereocenters. The number of anilines is 3. The number of fused-ring (bicyclic) bond motifs is 5. The van der Waals surface area contributed by atoms with Crippen LogP contribution in [0.15, 0.2) is 182 Å². The lowest BCUT2D eigenvalue weighted by molar-refractivity contribution is 0.666. The normalized spacial score (nSPS) is 12.9. The van der Waals surface area contributed by atoms with Crippen LogP contribution >= 0.6 is 0 Å². The number of hydrogen-bond donors (Lipinski definition) is 0. The summed E-state index contributed by atoms with van der Waals surface area (Å²) >= 11 is 0. The van der Waals surface area contributed by atoms with Gasteiger partial charge < -0.3 is 9.47 Å². The van der Waals surface area contributed by atoms with E-state index in [-0.39, 0.29) is 5.41 Å². The van der Waals surface area contributed by atoms with Crippen LogP contribution in [0.1, 0.15) is 25.0 Å². The number of benzene rings is 7. The molecule has 0 saturated heterocycles. The van der Waals surface area contributed by atoms with Gasteiger partial charge in [0.1, 0.15) is 0 Å². The molecule has 0 saturated carbocycles. The van der Waals surface area contributed by atoms with Gasteiger partial charge in [0, 0.05) is 39.1 Å². The van der Waals surface area contributed by atoms with E-state index in [1.165, 1.54) is 61.2 Å². The van der Waals surface area contributed by atoms with Gasteiger partial charge in [0.15, 0.2) is 0 Å². The van der Waals surface area contributed by atoms with Gasteiger partial charge in [-0.25, -0.2) is 0 Å². The molecule has 0 N–H and O–H groups in total. The molecule has 9 rings (SSSR count). The van der Waals surface area contributed by atoms with Gasteiger partial charge in [-0.05, 0) is 94.0 Å². The van der Waals surface area contributed by atoms with Crippen molar-refractivity contribution in [3.63, 3.8) is 0 Å². The van der Waals surface area contributed by atoms with Gasteiger partial charge >= 0.3 is 0 Å². The summed E-state index contributed by atoms with van der Waals surface area (Å²) in [6.07, 6.45) is 0. The Morgan fingerprint density at radius 1 is 0.449 bits per heavy atom. The highest BCUT2D eigenvalue weighted by atomic mass is 15.1. The minimum atomic E-state index is -0.112. The lowest BCUT2D eigenvalue weighted by Crippen LogP contribution is -2.14. The molecule has 0 fully saturated rings. The fourth-order valence-corrected chi connectivity index (χ4v) is 7.83. The van der Waals surface area contributed by atoms with Crippen molar-refractivity contribution in [2.24, 2.45) is 0 Å². The first-order valence-electron chi connectivity index (χ1n) is 17.0. The topological polar surface area (TPSA) is 8.17 Å². The van der Waals surface area contributed by atoms with Gasteiger partial charge in [0.2, 0.25) is 0 Å². The van der Waals surface area contributed by atoms with Crippen molar-refractivity contribution in [2.45, 2.75) is 19.3 Å². The standard InChI is InChI=1S/C47H36N2/c1-47(2)43-31-26-36(32-42(43)46-45(47)41-20-12-13-21-44(41)49(46)38-18-10-5-11-19-38)35-24-29-40(30-25-35)48(37-16-8-4-9-17-37)39-27-22-34(23-28-39)33-14-6-3-7-15-33/h3-32H,1-2H3. The van der Waals surface area contributed by atoms with Crippen LogP contribution in [0.3, 0.4) is 0 Å². The Labute approximate surface area is 288 Å². The summed E-state index contributed by atoms with van der Waals surface area (Å²) in [6.45, 7) is 4.75. The van der Waals surface area contributed by atoms with Crippen LogP contribution in [0.4, 0.5) is 17.1 Å². The summed E-state index contributed by atoms with van der Waals surface area (Å²) in [7, 11) is 0. The zero-order valence-electron chi connectivity index (χ0n) is 27.7. The molecule has 0 amide bonds. The average molecular weight is 629 g/mol.